The minimum Gasteiger partial charge on any atom is -0.548 e. The highest BCUT2D eigenvalue weighted by Crippen LogP contribution is 2.33. The van der Waals surface area contributed by atoms with Crippen LogP contribution in [0.4, 0.5) is 0 Å². The molecule has 0 N–H and O–H groups in total. The average molecular weight is 351 g/mol. The predicted molar refractivity (Wildman–Crippen MR) is 93.6 cm³/mol. The van der Waals surface area contributed by atoms with E-state index >= 15 is 0 Å². The van der Waals surface area contributed by atoms with E-state index in [4.69, 9.17) is 12.2 Å². The average Bonchev–Trinajstić information content (AvgIpc) is 2.83. The molecule has 0 aromatic carbocycles. The van der Waals surface area contributed by atoms with E-state index in [0.717, 1.165) is 40.2 Å². The van der Waals surface area contributed by atoms with Gasteiger partial charge in [-0.3, -0.25) is 9.69 Å². The van der Waals surface area contributed by atoms with Crippen molar-refractivity contribution in [1.82, 2.24) is 9.47 Å². The van der Waals surface area contributed by atoms with E-state index in [-0.39, 0.29) is 10.2 Å². The molecule has 1 fully saturated rings. The topological polar surface area (TPSA) is 65.4 Å². The van der Waals surface area contributed by atoms with Crippen LogP contribution in [-0.4, -0.2) is 32.2 Å². The monoisotopic (exact) mass is 351 g/mol. The molecule has 0 atom stereocenters. The summed E-state index contributed by atoms with van der Waals surface area (Å²) in [5.41, 5.74) is 3.17. The number of aliphatic carboxylic acids is 1. The van der Waals surface area contributed by atoms with Gasteiger partial charge in [-0.25, -0.2) is 0 Å². The number of carboxylic acids is 1. The molecule has 1 aromatic heterocycles. The van der Waals surface area contributed by atoms with E-state index in [1.165, 1.54) is 0 Å². The van der Waals surface area contributed by atoms with Gasteiger partial charge in [-0.2, -0.15) is 0 Å². The third-order valence-corrected chi connectivity index (χ3v) is 4.99. The van der Waals surface area contributed by atoms with Gasteiger partial charge in [-0.1, -0.05) is 37.8 Å². The molecular formula is C16H19N2O3S2-. The zero-order chi connectivity index (χ0) is 17.3. The quantitative estimate of drug-likeness (QED) is 0.597. The van der Waals surface area contributed by atoms with Crippen molar-refractivity contribution in [3.05, 3.63) is 27.9 Å². The van der Waals surface area contributed by atoms with Crippen molar-refractivity contribution >= 4 is 46.3 Å². The van der Waals surface area contributed by atoms with E-state index in [0.29, 0.717) is 10.8 Å². The maximum absolute atomic E-state index is 12.3. The molecule has 2 heterocycles. The normalized spacial score (nSPS) is 16.9. The van der Waals surface area contributed by atoms with Gasteiger partial charge in [0.2, 0.25) is 0 Å². The van der Waals surface area contributed by atoms with Crippen LogP contribution in [0.5, 0.6) is 0 Å². The van der Waals surface area contributed by atoms with Crippen LogP contribution >= 0.6 is 24.0 Å². The Hall–Kier alpha value is -1.60. The SMILES string of the molecule is Cc1cc(/C=C2\SC(=S)N(CC(=O)[O-])C2=O)c(C)n1CC(C)C. The largest absolute Gasteiger partial charge is 0.548 e. The third-order valence-electron chi connectivity index (χ3n) is 3.61. The van der Waals surface area contributed by atoms with Crippen LogP contribution in [0.25, 0.3) is 6.08 Å². The lowest BCUT2D eigenvalue weighted by molar-refractivity contribution is -0.305. The molecule has 2 rings (SSSR count). The summed E-state index contributed by atoms with van der Waals surface area (Å²) in [7, 11) is 0. The van der Waals surface area contributed by atoms with Crippen LogP contribution in [0.3, 0.4) is 0 Å². The molecular weight excluding hydrogens is 332 g/mol. The summed E-state index contributed by atoms with van der Waals surface area (Å²) in [5.74, 6) is -1.18. The first-order chi connectivity index (χ1) is 10.7. The Labute approximate surface area is 145 Å². The molecule has 0 spiro atoms. The first-order valence-corrected chi connectivity index (χ1v) is 8.55. The number of thiocarbonyl (C=S) groups is 1. The van der Waals surface area contributed by atoms with Gasteiger partial charge in [-0.15, -0.1) is 0 Å². The fourth-order valence-electron chi connectivity index (χ4n) is 2.53. The van der Waals surface area contributed by atoms with E-state index < -0.39 is 12.5 Å². The number of hydrogen-bond donors (Lipinski definition) is 0. The molecule has 0 bridgehead atoms. The highest BCUT2D eigenvalue weighted by molar-refractivity contribution is 8.26. The Balaban J connectivity index is 2.31. The van der Waals surface area contributed by atoms with E-state index in [9.17, 15) is 14.7 Å². The highest BCUT2D eigenvalue weighted by Gasteiger charge is 2.32. The Morgan fingerprint density at radius 3 is 2.65 bits per heavy atom. The number of thioether (sulfide) groups is 1. The molecule has 7 heteroatoms. The standard InChI is InChI=1S/C16H20N2O3S2/c1-9(2)7-17-10(3)5-12(11(17)4)6-13-15(21)18(8-14(19)20)16(22)23-13/h5-6,9H,7-8H2,1-4H3,(H,19,20)/p-1/b13-6-. The van der Waals surface area contributed by atoms with Gasteiger partial charge in [0.15, 0.2) is 0 Å². The molecule has 1 aliphatic rings. The molecule has 124 valence electrons. The van der Waals surface area contributed by atoms with Crippen LogP contribution in [0.1, 0.15) is 30.8 Å². The molecule has 5 nitrogen and oxygen atoms in total. The van der Waals surface area contributed by atoms with Crippen LogP contribution in [-0.2, 0) is 16.1 Å². The van der Waals surface area contributed by atoms with Crippen molar-refractivity contribution in [3.8, 4) is 0 Å². The molecule has 0 aliphatic carbocycles. The number of hydrogen-bond acceptors (Lipinski definition) is 5. The molecule has 0 radical (unpaired) electrons. The molecule has 1 aliphatic heterocycles. The van der Waals surface area contributed by atoms with Gasteiger partial charge >= 0.3 is 0 Å². The second kappa shape index (κ2) is 6.88. The Kier molecular flexibility index (Phi) is 5.31. The van der Waals surface area contributed by atoms with Gasteiger partial charge in [-0.05, 0) is 37.5 Å². The Morgan fingerprint density at radius 2 is 2.09 bits per heavy atom. The first kappa shape index (κ1) is 17.7. The maximum atomic E-state index is 12.3. The summed E-state index contributed by atoms with van der Waals surface area (Å²) < 4.78 is 2.47. The molecule has 23 heavy (non-hydrogen) atoms. The van der Waals surface area contributed by atoms with Crippen molar-refractivity contribution in [2.24, 2.45) is 5.92 Å². The maximum Gasteiger partial charge on any atom is 0.266 e. The number of rotatable bonds is 5. The molecule has 1 aromatic rings. The highest BCUT2D eigenvalue weighted by atomic mass is 32.2. The number of carbonyl (C=O) groups is 2. The zero-order valence-electron chi connectivity index (χ0n) is 13.6. The number of aromatic nitrogens is 1. The fourth-order valence-corrected chi connectivity index (χ4v) is 3.77. The molecule has 0 saturated carbocycles. The van der Waals surface area contributed by atoms with Crippen molar-refractivity contribution < 1.29 is 14.7 Å². The summed E-state index contributed by atoms with van der Waals surface area (Å²) in [6.45, 7) is 8.77. The number of aryl methyl sites for hydroxylation is 1. The number of carboxylic acid groups (broad SMARTS) is 1. The minimum atomic E-state index is -1.32. The summed E-state index contributed by atoms with van der Waals surface area (Å²) in [5, 5.41) is 10.7. The molecule has 1 saturated heterocycles. The van der Waals surface area contributed by atoms with Crippen molar-refractivity contribution in [2.75, 3.05) is 6.54 Å². The lowest BCUT2D eigenvalue weighted by Crippen LogP contribution is -2.40. The van der Waals surface area contributed by atoms with Gasteiger partial charge < -0.3 is 14.5 Å². The van der Waals surface area contributed by atoms with Crippen molar-refractivity contribution in [1.29, 1.82) is 0 Å². The number of amides is 1. The zero-order valence-corrected chi connectivity index (χ0v) is 15.2. The summed E-state index contributed by atoms with van der Waals surface area (Å²) in [6.07, 6.45) is 1.79. The van der Waals surface area contributed by atoms with Gasteiger partial charge in [0, 0.05) is 17.9 Å². The predicted octanol–water partition coefficient (Wildman–Crippen LogP) is 1.71. The number of nitrogens with zero attached hydrogens (tertiary/aromatic N) is 2. The van der Waals surface area contributed by atoms with Gasteiger partial charge in [0.1, 0.15) is 4.32 Å². The number of carbonyl (C=O) groups excluding carboxylic acids is 2. The summed E-state index contributed by atoms with van der Waals surface area (Å²) in [6, 6.07) is 2.03. The van der Waals surface area contributed by atoms with E-state index in [1.54, 1.807) is 6.08 Å². The van der Waals surface area contributed by atoms with Gasteiger partial charge in [0.05, 0.1) is 17.4 Å². The second-order valence-corrected chi connectivity index (χ2v) is 7.65. The van der Waals surface area contributed by atoms with Crippen LogP contribution in [0, 0.1) is 19.8 Å². The van der Waals surface area contributed by atoms with Crippen molar-refractivity contribution in [3.63, 3.8) is 0 Å². The Morgan fingerprint density at radius 1 is 1.43 bits per heavy atom. The van der Waals surface area contributed by atoms with Gasteiger partial charge in [0.25, 0.3) is 5.91 Å². The first-order valence-electron chi connectivity index (χ1n) is 7.32. The Bertz CT molecular complexity index is 704. The summed E-state index contributed by atoms with van der Waals surface area (Å²) in [4.78, 5) is 24.5. The van der Waals surface area contributed by atoms with Crippen LogP contribution < -0.4 is 5.11 Å². The van der Waals surface area contributed by atoms with Crippen molar-refractivity contribution in [2.45, 2.75) is 34.2 Å². The second-order valence-electron chi connectivity index (χ2n) is 5.97. The molecule has 0 unspecified atom stereocenters. The lowest BCUT2D eigenvalue weighted by atomic mass is 10.2. The lowest BCUT2D eigenvalue weighted by Gasteiger charge is -2.14. The fraction of sp³-hybridized carbons (Fsp3) is 0.438. The summed E-state index contributed by atoms with van der Waals surface area (Å²) >= 11 is 6.21. The smallest absolute Gasteiger partial charge is 0.266 e. The van der Waals surface area contributed by atoms with Crippen LogP contribution in [0.15, 0.2) is 11.0 Å². The third kappa shape index (κ3) is 3.84. The van der Waals surface area contributed by atoms with E-state index in [2.05, 4.69) is 18.4 Å². The van der Waals surface area contributed by atoms with Crippen LogP contribution in [0.2, 0.25) is 0 Å². The molecule has 1 amide bonds. The van der Waals surface area contributed by atoms with E-state index in [1.807, 2.05) is 19.9 Å². The minimum absolute atomic E-state index is 0.251.